The molecule has 1 aromatic heterocycles. The maximum absolute atomic E-state index is 13.0. The van der Waals surface area contributed by atoms with Gasteiger partial charge in [0.2, 0.25) is 5.91 Å². The van der Waals surface area contributed by atoms with Crippen LogP contribution < -0.4 is 15.8 Å². The predicted octanol–water partition coefficient (Wildman–Crippen LogP) is 4.26. The highest BCUT2D eigenvalue weighted by atomic mass is 19.1. The molecule has 1 fully saturated rings. The summed E-state index contributed by atoms with van der Waals surface area (Å²) in [6.07, 6.45) is 0.636. The molecule has 0 aliphatic heterocycles. The maximum atomic E-state index is 13.0. The van der Waals surface area contributed by atoms with Gasteiger partial charge in [0.25, 0.3) is 0 Å². The number of halogens is 1. The fourth-order valence-corrected chi connectivity index (χ4v) is 3.16. The minimum Gasteiger partial charge on any atom is -0.465 e. The van der Waals surface area contributed by atoms with Gasteiger partial charge >= 0.3 is 6.09 Å². The second kappa shape index (κ2) is 11.1. The lowest BCUT2D eigenvalue weighted by Gasteiger charge is -2.13. The van der Waals surface area contributed by atoms with E-state index in [4.69, 9.17) is 14.6 Å². The van der Waals surface area contributed by atoms with E-state index >= 15 is 0 Å². The van der Waals surface area contributed by atoms with E-state index in [1.54, 1.807) is 30.3 Å². The van der Waals surface area contributed by atoms with Crippen molar-refractivity contribution in [2.45, 2.75) is 12.8 Å². The minimum atomic E-state index is -1.33. The minimum absolute atomic E-state index is 0.147. The number of amides is 2. The van der Waals surface area contributed by atoms with E-state index in [2.05, 4.69) is 16.0 Å². The molecule has 5 N–H and O–H groups in total. The van der Waals surface area contributed by atoms with Crippen LogP contribution >= 0.6 is 0 Å². The molecule has 9 heteroatoms. The van der Waals surface area contributed by atoms with Crippen molar-refractivity contribution >= 4 is 17.8 Å². The number of anilines is 1. The first-order valence-corrected chi connectivity index (χ1v) is 10.3. The number of nitrogens with two attached hydrogens (primary N) is 1. The normalized spacial score (nSPS) is 13.3. The van der Waals surface area contributed by atoms with Gasteiger partial charge in [-0.2, -0.15) is 0 Å². The summed E-state index contributed by atoms with van der Waals surface area (Å²) in [5.74, 6) is 1.03. The zero-order valence-electron chi connectivity index (χ0n) is 17.6. The van der Waals surface area contributed by atoms with Gasteiger partial charge in [0.1, 0.15) is 23.1 Å². The first kappa shape index (κ1) is 23.7. The fourth-order valence-electron chi connectivity index (χ4n) is 3.16. The van der Waals surface area contributed by atoms with Crippen molar-refractivity contribution in [2.75, 3.05) is 11.9 Å². The number of rotatable bonds is 7. The highest BCUT2D eigenvalue weighted by molar-refractivity contribution is 5.92. The number of aliphatic hydroxyl groups is 1. The molecule has 0 unspecified atom stereocenters. The number of primary amides is 1. The van der Waals surface area contributed by atoms with Crippen LogP contribution in [-0.2, 0) is 4.79 Å². The molecule has 2 amide bonds. The van der Waals surface area contributed by atoms with Gasteiger partial charge in [0.05, 0.1) is 18.2 Å². The standard InChI is InChI=1S/C23H21FN2O3.CH3NO2/c24-17-8-12-19(13-9-17)29-18-10-6-16(7-11-18)21-2-1-3-22(25-21)26-23(28)20(14-27)15-4-5-15;2-1(3)4/h1-3,6-13,15,20,27H,4-5,14H2,(H,25,26,28);2H2,(H,3,4)/t20-;/m1./s1. The van der Waals surface area contributed by atoms with Crippen LogP contribution in [0.15, 0.2) is 66.7 Å². The Hall–Kier alpha value is -3.98. The zero-order chi connectivity index (χ0) is 23.8. The molecule has 1 saturated carbocycles. The molecule has 2 aromatic carbocycles. The van der Waals surface area contributed by atoms with Gasteiger partial charge in [0, 0.05) is 5.56 Å². The van der Waals surface area contributed by atoms with Crippen molar-refractivity contribution in [3.05, 3.63) is 72.5 Å². The van der Waals surface area contributed by atoms with E-state index in [9.17, 15) is 14.3 Å². The molecule has 172 valence electrons. The average Bonchev–Trinajstić information content (AvgIpc) is 3.61. The Bertz CT molecular complexity index is 1080. The molecular formula is C24H24FN3O5. The first-order chi connectivity index (χ1) is 15.9. The molecule has 0 spiro atoms. The van der Waals surface area contributed by atoms with Gasteiger partial charge in [-0.25, -0.2) is 14.2 Å². The third-order valence-corrected chi connectivity index (χ3v) is 4.92. The number of carbonyl (C=O) groups excluding carboxylic acids is 1. The summed E-state index contributed by atoms with van der Waals surface area (Å²) < 4.78 is 18.7. The number of aromatic nitrogens is 1. The summed E-state index contributed by atoms with van der Waals surface area (Å²) in [5.41, 5.74) is 5.61. The van der Waals surface area contributed by atoms with Gasteiger partial charge in [-0.15, -0.1) is 0 Å². The number of benzene rings is 2. The summed E-state index contributed by atoms with van der Waals surface area (Å²) in [7, 11) is 0. The number of carbonyl (C=O) groups is 2. The van der Waals surface area contributed by atoms with Gasteiger partial charge < -0.3 is 26.0 Å². The molecule has 8 nitrogen and oxygen atoms in total. The number of pyridine rings is 1. The van der Waals surface area contributed by atoms with Crippen LogP contribution in [0, 0.1) is 17.7 Å². The number of ether oxygens (including phenoxy) is 1. The van der Waals surface area contributed by atoms with Crippen molar-refractivity contribution in [1.29, 1.82) is 0 Å². The number of aliphatic hydroxyl groups excluding tert-OH is 1. The average molecular weight is 453 g/mol. The lowest BCUT2D eigenvalue weighted by molar-refractivity contribution is -0.121. The van der Waals surface area contributed by atoms with Crippen molar-refractivity contribution < 1.29 is 28.9 Å². The first-order valence-electron chi connectivity index (χ1n) is 10.3. The molecule has 0 radical (unpaired) electrons. The number of nitrogens with zero attached hydrogens (tertiary/aromatic N) is 1. The number of hydrogen-bond acceptors (Lipinski definition) is 5. The lowest BCUT2D eigenvalue weighted by Crippen LogP contribution is -2.27. The van der Waals surface area contributed by atoms with E-state index in [1.165, 1.54) is 12.1 Å². The van der Waals surface area contributed by atoms with Crippen LogP contribution in [0.5, 0.6) is 11.5 Å². The van der Waals surface area contributed by atoms with E-state index in [0.29, 0.717) is 23.0 Å². The summed E-state index contributed by atoms with van der Waals surface area (Å²) in [6.45, 7) is -0.147. The summed E-state index contributed by atoms with van der Waals surface area (Å²) >= 11 is 0. The van der Waals surface area contributed by atoms with E-state index in [1.807, 2.05) is 24.3 Å². The van der Waals surface area contributed by atoms with Gasteiger partial charge in [0.15, 0.2) is 0 Å². The van der Waals surface area contributed by atoms with Gasteiger partial charge in [-0.3, -0.25) is 4.79 Å². The van der Waals surface area contributed by atoms with Crippen molar-refractivity contribution in [2.24, 2.45) is 17.6 Å². The van der Waals surface area contributed by atoms with Crippen LogP contribution in [0.25, 0.3) is 11.3 Å². The van der Waals surface area contributed by atoms with E-state index < -0.39 is 6.09 Å². The molecule has 3 aromatic rings. The quantitative estimate of drug-likeness (QED) is 0.422. The molecule has 1 aliphatic carbocycles. The molecule has 1 heterocycles. The SMILES string of the molecule is NC(=O)O.O=C(Nc1cccc(-c2ccc(Oc3ccc(F)cc3)cc2)n1)[C@H](CO)C1CC1. The molecule has 33 heavy (non-hydrogen) atoms. The zero-order valence-corrected chi connectivity index (χ0v) is 17.6. The lowest BCUT2D eigenvalue weighted by atomic mass is 10.0. The Balaban J connectivity index is 0.000000709. The summed E-state index contributed by atoms with van der Waals surface area (Å²) in [6, 6.07) is 18.6. The fraction of sp³-hybridized carbons (Fsp3) is 0.208. The monoisotopic (exact) mass is 453 g/mol. The van der Waals surface area contributed by atoms with Crippen molar-refractivity contribution in [1.82, 2.24) is 4.98 Å². The number of hydrogen-bond donors (Lipinski definition) is 4. The molecule has 0 saturated heterocycles. The molecule has 1 atom stereocenters. The van der Waals surface area contributed by atoms with Gasteiger partial charge in [-0.1, -0.05) is 6.07 Å². The third kappa shape index (κ3) is 7.29. The maximum Gasteiger partial charge on any atom is 0.402 e. The highest BCUT2D eigenvalue weighted by Crippen LogP contribution is 2.37. The Morgan fingerprint density at radius 1 is 1.06 bits per heavy atom. The van der Waals surface area contributed by atoms with Crippen LogP contribution in [0.1, 0.15) is 12.8 Å². The highest BCUT2D eigenvalue weighted by Gasteiger charge is 2.35. The van der Waals surface area contributed by atoms with Gasteiger partial charge in [-0.05, 0) is 79.4 Å². The Morgan fingerprint density at radius 3 is 2.18 bits per heavy atom. The summed E-state index contributed by atoms with van der Waals surface area (Å²) in [4.78, 5) is 25.6. The Kier molecular flexibility index (Phi) is 7.93. The second-order valence-electron chi connectivity index (χ2n) is 7.44. The number of nitrogens with one attached hydrogen (secondary N) is 1. The molecule has 4 rings (SSSR count). The van der Waals surface area contributed by atoms with Crippen LogP contribution in [0.4, 0.5) is 15.0 Å². The largest absolute Gasteiger partial charge is 0.465 e. The topological polar surface area (TPSA) is 135 Å². The molecule has 0 bridgehead atoms. The second-order valence-corrected chi connectivity index (χ2v) is 7.44. The molecule has 1 aliphatic rings. The van der Waals surface area contributed by atoms with Crippen LogP contribution in [0.2, 0.25) is 0 Å². The Labute approximate surface area is 189 Å². The van der Waals surface area contributed by atoms with Crippen molar-refractivity contribution in [3.8, 4) is 22.8 Å². The predicted molar refractivity (Wildman–Crippen MR) is 120 cm³/mol. The molecular weight excluding hydrogens is 429 g/mol. The Morgan fingerprint density at radius 2 is 1.64 bits per heavy atom. The van der Waals surface area contributed by atoms with E-state index in [0.717, 1.165) is 18.4 Å². The number of carboxylic acid groups (broad SMARTS) is 1. The van der Waals surface area contributed by atoms with Crippen LogP contribution in [0.3, 0.4) is 0 Å². The third-order valence-electron chi connectivity index (χ3n) is 4.92. The van der Waals surface area contributed by atoms with Crippen molar-refractivity contribution in [3.63, 3.8) is 0 Å². The summed E-state index contributed by atoms with van der Waals surface area (Å²) in [5, 5.41) is 19.5. The van der Waals surface area contributed by atoms with E-state index in [-0.39, 0.29) is 30.2 Å². The van der Waals surface area contributed by atoms with Crippen LogP contribution in [-0.4, -0.2) is 33.8 Å². The smallest absolute Gasteiger partial charge is 0.402 e.